The molecule has 0 atom stereocenters. The van der Waals surface area contributed by atoms with Gasteiger partial charge in [-0.2, -0.15) is 0 Å². The highest BCUT2D eigenvalue weighted by atomic mass is 32.1. The van der Waals surface area contributed by atoms with Gasteiger partial charge in [-0.1, -0.05) is 30.4 Å². The van der Waals surface area contributed by atoms with Crippen molar-refractivity contribution in [2.75, 3.05) is 5.32 Å². The van der Waals surface area contributed by atoms with Crippen LogP contribution in [0, 0.1) is 6.92 Å². The summed E-state index contributed by atoms with van der Waals surface area (Å²) in [7, 11) is 0. The van der Waals surface area contributed by atoms with Gasteiger partial charge in [0, 0.05) is 11.3 Å². The van der Waals surface area contributed by atoms with Crippen LogP contribution in [0.25, 0.3) is 0 Å². The average Bonchev–Trinajstić information content (AvgIpc) is 2.85. The molecule has 2 rings (SSSR count). The normalized spacial score (nSPS) is 10.1. The van der Waals surface area contributed by atoms with Crippen LogP contribution in [0.2, 0.25) is 0 Å². The lowest BCUT2D eigenvalue weighted by Gasteiger charge is -2.09. The van der Waals surface area contributed by atoms with E-state index in [1.165, 1.54) is 11.3 Å². The standard InChI is InChI=1S/C13H12N2OS2/c1-8-4-5-9(12(14)17)7-10(8)15-13(16)11-3-2-6-18-11/h2-7H,1H3,(H2,14,17)(H,15,16). The molecule has 0 radical (unpaired) electrons. The Balaban J connectivity index is 2.26. The maximum absolute atomic E-state index is 11.9. The molecule has 0 saturated carbocycles. The lowest BCUT2D eigenvalue weighted by molar-refractivity contribution is 0.103. The minimum absolute atomic E-state index is 0.117. The van der Waals surface area contributed by atoms with Crippen molar-refractivity contribution < 1.29 is 4.79 Å². The van der Waals surface area contributed by atoms with Gasteiger partial charge in [-0.3, -0.25) is 4.79 Å². The summed E-state index contributed by atoms with van der Waals surface area (Å²) in [5.41, 5.74) is 8.03. The fourth-order valence-corrected chi connectivity index (χ4v) is 2.25. The summed E-state index contributed by atoms with van der Waals surface area (Å²) in [5.74, 6) is -0.117. The van der Waals surface area contributed by atoms with E-state index in [0.29, 0.717) is 9.87 Å². The van der Waals surface area contributed by atoms with E-state index < -0.39 is 0 Å². The molecule has 0 aliphatic rings. The van der Waals surface area contributed by atoms with Gasteiger partial charge in [-0.25, -0.2) is 0 Å². The molecule has 1 aromatic heterocycles. The first-order chi connectivity index (χ1) is 8.58. The molecule has 5 heteroatoms. The molecule has 0 saturated heterocycles. The molecular formula is C13H12N2OS2. The van der Waals surface area contributed by atoms with E-state index in [1.54, 1.807) is 12.1 Å². The van der Waals surface area contributed by atoms with Crippen LogP contribution in [0.4, 0.5) is 5.69 Å². The summed E-state index contributed by atoms with van der Waals surface area (Å²) in [6.45, 7) is 1.92. The van der Waals surface area contributed by atoms with E-state index in [-0.39, 0.29) is 5.91 Å². The Labute approximate surface area is 115 Å². The number of aryl methyl sites for hydroxylation is 1. The van der Waals surface area contributed by atoms with Crippen LogP contribution in [-0.4, -0.2) is 10.9 Å². The predicted molar refractivity (Wildman–Crippen MR) is 79.3 cm³/mol. The van der Waals surface area contributed by atoms with E-state index >= 15 is 0 Å². The number of rotatable bonds is 3. The molecule has 1 amide bonds. The average molecular weight is 276 g/mol. The third-order valence-corrected chi connectivity index (χ3v) is 3.62. The van der Waals surface area contributed by atoms with Crippen molar-refractivity contribution >= 4 is 40.1 Å². The summed E-state index contributed by atoms with van der Waals surface area (Å²) in [6.07, 6.45) is 0. The number of benzene rings is 1. The molecule has 0 aliphatic heterocycles. The minimum atomic E-state index is -0.117. The third-order valence-electron chi connectivity index (χ3n) is 2.52. The first-order valence-corrected chi connectivity index (χ1v) is 6.62. The van der Waals surface area contributed by atoms with Gasteiger partial charge in [0.05, 0.1) is 4.88 Å². The zero-order valence-corrected chi connectivity index (χ0v) is 11.4. The van der Waals surface area contributed by atoms with Gasteiger partial charge in [0.15, 0.2) is 0 Å². The first-order valence-electron chi connectivity index (χ1n) is 5.33. The number of carbonyl (C=O) groups excluding carboxylic acids is 1. The maximum Gasteiger partial charge on any atom is 0.265 e. The van der Waals surface area contributed by atoms with E-state index in [1.807, 2.05) is 30.5 Å². The Hall–Kier alpha value is -1.72. The van der Waals surface area contributed by atoms with Crippen LogP contribution in [0.5, 0.6) is 0 Å². The SMILES string of the molecule is Cc1ccc(C(N)=S)cc1NC(=O)c1cccs1. The van der Waals surface area contributed by atoms with Gasteiger partial charge in [0.25, 0.3) is 5.91 Å². The molecule has 92 valence electrons. The van der Waals surface area contributed by atoms with Crippen molar-refractivity contribution in [3.05, 3.63) is 51.7 Å². The van der Waals surface area contributed by atoms with Crippen molar-refractivity contribution in [1.82, 2.24) is 0 Å². The van der Waals surface area contributed by atoms with Crippen molar-refractivity contribution in [3.8, 4) is 0 Å². The van der Waals surface area contributed by atoms with Gasteiger partial charge in [0.1, 0.15) is 4.99 Å². The molecule has 1 aromatic carbocycles. The molecular weight excluding hydrogens is 264 g/mol. The Bertz CT molecular complexity index is 591. The minimum Gasteiger partial charge on any atom is -0.389 e. The van der Waals surface area contributed by atoms with Crippen molar-refractivity contribution in [2.45, 2.75) is 6.92 Å². The highest BCUT2D eigenvalue weighted by Crippen LogP contribution is 2.19. The third kappa shape index (κ3) is 2.75. The monoisotopic (exact) mass is 276 g/mol. The number of thiocarbonyl (C=S) groups is 1. The summed E-state index contributed by atoms with van der Waals surface area (Å²) in [6, 6.07) is 9.16. The second kappa shape index (κ2) is 5.29. The smallest absolute Gasteiger partial charge is 0.265 e. The van der Waals surface area contributed by atoms with Gasteiger partial charge in [-0.15, -0.1) is 11.3 Å². The fourth-order valence-electron chi connectivity index (χ4n) is 1.50. The molecule has 1 heterocycles. The summed E-state index contributed by atoms with van der Waals surface area (Å²) >= 11 is 6.33. The number of amides is 1. The van der Waals surface area contributed by atoms with Gasteiger partial charge in [-0.05, 0) is 30.0 Å². The molecule has 0 spiro atoms. The molecule has 2 aromatic rings. The quantitative estimate of drug-likeness (QED) is 0.847. The second-order valence-electron chi connectivity index (χ2n) is 3.83. The van der Waals surface area contributed by atoms with Crippen LogP contribution in [-0.2, 0) is 0 Å². The maximum atomic E-state index is 11.9. The van der Waals surface area contributed by atoms with Gasteiger partial charge in [0.2, 0.25) is 0 Å². The number of carbonyl (C=O) groups is 1. The zero-order chi connectivity index (χ0) is 13.1. The van der Waals surface area contributed by atoms with E-state index in [0.717, 1.165) is 16.8 Å². The lowest BCUT2D eigenvalue weighted by Crippen LogP contribution is -2.14. The van der Waals surface area contributed by atoms with Crippen LogP contribution in [0.3, 0.4) is 0 Å². The van der Waals surface area contributed by atoms with Crippen molar-refractivity contribution in [2.24, 2.45) is 5.73 Å². The van der Waals surface area contributed by atoms with Crippen molar-refractivity contribution in [3.63, 3.8) is 0 Å². The van der Waals surface area contributed by atoms with Crippen LogP contribution >= 0.6 is 23.6 Å². The summed E-state index contributed by atoms with van der Waals surface area (Å²) in [5, 5.41) is 4.73. The number of thiophene rings is 1. The summed E-state index contributed by atoms with van der Waals surface area (Å²) < 4.78 is 0. The number of nitrogens with one attached hydrogen (secondary N) is 1. The van der Waals surface area contributed by atoms with Crippen molar-refractivity contribution in [1.29, 1.82) is 0 Å². The number of nitrogens with two attached hydrogens (primary N) is 1. The van der Waals surface area contributed by atoms with Gasteiger partial charge >= 0.3 is 0 Å². The van der Waals surface area contributed by atoms with E-state index in [4.69, 9.17) is 18.0 Å². The van der Waals surface area contributed by atoms with E-state index in [2.05, 4.69) is 5.32 Å². The molecule has 3 N–H and O–H groups in total. The second-order valence-corrected chi connectivity index (χ2v) is 5.21. The Kier molecular flexibility index (Phi) is 3.74. The number of anilines is 1. The molecule has 0 unspecified atom stereocenters. The summed E-state index contributed by atoms with van der Waals surface area (Å²) in [4.78, 5) is 12.9. The Morgan fingerprint density at radius 1 is 1.39 bits per heavy atom. The molecule has 18 heavy (non-hydrogen) atoms. The van der Waals surface area contributed by atoms with Gasteiger partial charge < -0.3 is 11.1 Å². The van der Waals surface area contributed by atoms with E-state index in [9.17, 15) is 4.79 Å². The number of hydrogen-bond donors (Lipinski definition) is 2. The largest absolute Gasteiger partial charge is 0.389 e. The Morgan fingerprint density at radius 3 is 2.78 bits per heavy atom. The molecule has 0 fully saturated rings. The zero-order valence-electron chi connectivity index (χ0n) is 9.77. The molecule has 0 aliphatic carbocycles. The fraction of sp³-hybridized carbons (Fsp3) is 0.0769. The van der Waals surface area contributed by atoms with Crippen LogP contribution in [0.1, 0.15) is 20.8 Å². The highest BCUT2D eigenvalue weighted by molar-refractivity contribution is 7.80. The lowest BCUT2D eigenvalue weighted by atomic mass is 10.1. The predicted octanol–water partition coefficient (Wildman–Crippen LogP) is 2.94. The molecule has 3 nitrogen and oxygen atoms in total. The topological polar surface area (TPSA) is 55.1 Å². The Morgan fingerprint density at radius 2 is 2.17 bits per heavy atom. The first kappa shape index (κ1) is 12.7. The van der Waals surface area contributed by atoms with Crippen LogP contribution < -0.4 is 11.1 Å². The molecule has 0 bridgehead atoms. The van der Waals surface area contributed by atoms with Crippen LogP contribution in [0.15, 0.2) is 35.7 Å². The number of hydrogen-bond acceptors (Lipinski definition) is 3. The highest BCUT2D eigenvalue weighted by Gasteiger charge is 2.09.